The van der Waals surface area contributed by atoms with E-state index in [1.165, 1.54) is 11.3 Å². The molecule has 1 aromatic rings. The lowest BCUT2D eigenvalue weighted by molar-refractivity contribution is -0.128. The van der Waals surface area contributed by atoms with Gasteiger partial charge in [-0.2, -0.15) is 0 Å². The van der Waals surface area contributed by atoms with Crippen LogP contribution >= 0.6 is 11.3 Å². The van der Waals surface area contributed by atoms with Crippen molar-refractivity contribution in [2.24, 2.45) is 5.92 Å². The number of thiazole rings is 1. The van der Waals surface area contributed by atoms with Gasteiger partial charge in [0.1, 0.15) is 0 Å². The highest BCUT2D eigenvalue weighted by Crippen LogP contribution is 2.21. The second-order valence-electron chi connectivity index (χ2n) is 6.07. The molecule has 0 aromatic carbocycles. The quantitative estimate of drug-likeness (QED) is 0.718. The third-order valence-corrected chi connectivity index (χ3v) is 5.11. The van der Waals surface area contributed by atoms with Crippen LogP contribution in [0.15, 0.2) is 0 Å². The number of ether oxygens (including phenoxy) is 1. The van der Waals surface area contributed by atoms with Crippen molar-refractivity contribution >= 4 is 28.3 Å². The number of anilines is 1. The van der Waals surface area contributed by atoms with Crippen LogP contribution in [0.3, 0.4) is 0 Å². The molecule has 2 heterocycles. The Morgan fingerprint density at radius 3 is 2.88 bits per heavy atom. The Kier molecular flexibility index (Phi) is 7.14. The Morgan fingerprint density at radius 1 is 1.42 bits per heavy atom. The highest BCUT2D eigenvalue weighted by Gasteiger charge is 2.26. The van der Waals surface area contributed by atoms with Gasteiger partial charge in [-0.1, -0.05) is 0 Å². The van der Waals surface area contributed by atoms with Crippen molar-refractivity contribution in [1.29, 1.82) is 0 Å². The first kappa shape index (κ1) is 18.8. The maximum absolute atomic E-state index is 12.2. The SMILES string of the molecule is COCCNC(=O)C1CCCN(CC(=O)Nc2nc(C)c(C)s2)C1. The lowest BCUT2D eigenvalue weighted by Crippen LogP contribution is -2.46. The van der Waals surface area contributed by atoms with Crippen molar-refractivity contribution in [3.05, 3.63) is 10.6 Å². The molecule has 8 heteroatoms. The van der Waals surface area contributed by atoms with E-state index >= 15 is 0 Å². The van der Waals surface area contributed by atoms with Gasteiger partial charge in [-0.3, -0.25) is 14.5 Å². The smallest absolute Gasteiger partial charge is 0.240 e. The minimum atomic E-state index is -0.0795. The summed E-state index contributed by atoms with van der Waals surface area (Å²) in [5.41, 5.74) is 0.945. The van der Waals surface area contributed by atoms with Gasteiger partial charge in [0.2, 0.25) is 11.8 Å². The van der Waals surface area contributed by atoms with Crippen molar-refractivity contribution in [2.75, 3.05) is 45.2 Å². The Balaban J connectivity index is 1.79. The molecule has 1 aromatic heterocycles. The number of piperidine rings is 1. The first-order chi connectivity index (χ1) is 11.5. The highest BCUT2D eigenvalue weighted by atomic mass is 32.1. The van der Waals surface area contributed by atoms with Gasteiger partial charge in [-0.25, -0.2) is 4.98 Å². The van der Waals surface area contributed by atoms with Crippen LogP contribution in [0.4, 0.5) is 5.13 Å². The Morgan fingerprint density at radius 2 is 2.21 bits per heavy atom. The summed E-state index contributed by atoms with van der Waals surface area (Å²) >= 11 is 1.48. The van der Waals surface area contributed by atoms with Gasteiger partial charge in [-0.15, -0.1) is 11.3 Å². The molecule has 1 atom stereocenters. The topological polar surface area (TPSA) is 83.6 Å². The van der Waals surface area contributed by atoms with Crippen molar-refractivity contribution in [3.63, 3.8) is 0 Å². The largest absolute Gasteiger partial charge is 0.383 e. The summed E-state index contributed by atoms with van der Waals surface area (Å²) in [4.78, 5) is 31.8. The lowest BCUT2D eigenvalue weighted by atomic mass is 9.97. The summed E-state index contributed by atoms with van der Waals surface area (Å²) in [5.74, 6) is -0.0970. The molecule has 0 saturated carbocycles. The molecule has 0 spiro atoms. The predicted octanol–water partition coefficient (Wildman–Crippen LogP) is 1.17. The zero-order chi connectivity index (χ0) is 17.5. The van der Waals surface area contributed by atoms with Crippen LogP contribution in [0, 0.1) is 19.8 Å². The molecule has 0 bridgehead atoms. The summed E-state index contributed by atoms with van der Waals surface area (Å²) < 4.78 is 4.94. The Labute approximate surface area is 146 Å². The average Bonchev–Trinajstić information content (AvgIpc) is 2.85. The van der Waals surface area contributed by atoms with Gasteiger partial charge in [0.15, 0.2) is 5.13 Å². The van der Waals surface area contributed by atoms with Crippen LogP contribution < -0.4 is 10.6 Å². The van der Waals surface area contributed by atoms with Gasteiger partial charge in [0, 0.05) is 25.1 Å². The van der Waals surface area contributed by atoms with E-state index in [0.717, 1.165) is 30.0 Å². The van der Waals surface area contributed by atoms with Gasteiger partial charge < -0.3 is 15.4 Å². The zero-order valence-electron chi connectivity index (χ0n) is 14.6. The number of nitrogens with one attached hydrogen (secondary N) is 2. The summed E-state index contributed by atoms with van der Waals surface area (Å²) in [6, 6.07) is 0. The van der Waals surface area contributed by atoms with Crippen LogP contribution in [-0.2, 0) is 14.3 Å². The van der Waals surface area contributed by atoms with E-state index in [1.54, 1.807) is 7.11 Å². The first-order valence-corrected chi connectivity index (χ1v) is 9.04. The molecule has 0 radical (unpaired) electrons. The number of nitrogens with zero attached hydrogens (tertiary/aromatic N) is 2. The third kappa shape index (κ3) is 5.54. The Hall–Kier alpha value is -1.51. The number of hydrogen-bond acceptors (Lipinski definition) is 6. The van der Waals surface area contributed by atoms with Crippen LogP contribution in [0.1, 0.15) is 23.4 Å². The van der Waals surface area contributed by atoms with E-state index in [1.807, 2.05) is 18.7 Å². The van der Waals surface area contributed by atoms with E-state index in [9.17, 15) is 9.59 Å². The fourth-order valence-corrected chi connectivity index (χ4v) is 3.55. The molecule has 0 aliphatic carbocycles. The molecular formula is C16H26N4O3S. The zero-order valence-corrected chi connectivity index (χ0v) is 15.4. The average molecular weight is 354 g/mol. The second kappa shape index (κ2) is 9.10. The molecule has 2 rings (SSSR count). The van der Waals surface area contributed by atoms with Crippen LogP contribution in [0.25, 0.3) is 0 Å². The number of methoxy groups -OCH3 is 1. The van der Waals surface area contributed by atoms with Crippen LogP contribution in [-0.4, -0.2) is 61.6 Å². The first-order valence-electron chi connectivity index (χ1n) is 8.22. The lowest BCUT2D eigenvalue weighted by Gasteiger charge is -2.31. The molecule has 1 aliphatic heterocycles. The van der Waals surface area contributed by atoms with E-state index in [-0.39, 0.29) is 17.7 Å². The minimum absolute atomic E-state index is 0.0448. The summed E-state index contributed by atoms with van der Waals surface area (Å²) in [6.07, 6.45) is 1.78. The molecule has 2 N–H and O–H groups in total. The monoisotopic (exact) mass is 354 g/mol. The third-order valence-electron chi connectivity index (χ3n) is 4.12. The van der Waals surface area contributed by atoms with Crippen LogP contribution in [0.5, 0.6) is 0 Å². The molecule has 1 aliphatic rings. The molecule has 1 saturated heterocycles. The van der Waals surface area contributed by atoms with E-state index < -0.39 is 0 Å². The molecule has 2 amide bonds. The summed E-state index contributed by atoms with van der Waals surface area (Å²) in [6.45, 7) is 6.69. The van der Waals surface area contributed by atoms with Gasteiger partial charge in [-0.05, 0) is 33.2 Å². The molecule has 1 unspecified atom stereocenters. The number of carbonyl (C=O) groups excluding carboxylic acids is 2. The van der Waals surface area contributed by atoms with E-state index in [0.29, 0.717) is 31.4 Å². The fourth-order valence-electron chi connectivity index (χ4n) is 2.72. The van der Waals surface area contributed by atoms with Gasteiger partial charge >= 0.3 is 0 Å². The predicted molar refractivity (Wildman–Crippen MR) is 94.3 cm³/mol. The molecule has 7 nitrogen and oxygen atoms in total. The number of carbonyl (C=O) groups is 2. The number of amides is 2. The fraction of sp³-hybridized carbons (Fsp3) is 0.688. The molecule has 24 heavy (non-hydrogen) atoms. The minimum Gasteiger partial charge on any atom is -0.383 e. The molecule has 134 valence electrons. The van der Waals surface area contributed by atoms with Gasteiger partial charge in [0.05, 0.1) is 24.8 Å². The number of hydrogen-bond donors (Lipinski definition) is 2. The standard InChI is InChI=1S/C16H26N4O3S/c1-11-12(2)24-16(18-11)19-14(21)10-20-7-4-5-13(9-20)15(22)17-6-8-23-3/h13H,4-10H2,1-3H3,(H,17,22)(H,18,19,21). The molecule has 1 fully saturated rings. The maximum Gasteiger partial charge on any atom is 0.240 e. The molecular weight excluding hydrogens is 328 g/mol. The van der Waals surface area contributed by atoms with Crippen molar-refractivity contribution in [3.8, 4) is 0 Å². The maximum atomic E-state index is 12.2. The number of likely N-dealkylation sites (tertiary alicyclic amines) is 1. The second-order valence-corrected chi connectivity index (χ2v) is 7.27. The van der Waals surface area contributed by atoms with Crippen LogP contribution in [0.2, 0.25) is 0 Å². The van der Waals surface area contributed by atoms with Gasteiger partial charge in [0.25, 0.3) is 0 Å². The van der Waals surface area contributed by atoms with Crippen molar-refractivity contribution in [2.45, 2.75) is 26.7 Å². The summed E-state index contributed by atoms with van der Waals surface area (Å²) in [5, 5.41) is 6.36. The Bertz CT molecular complexity index is 556. The number of aryl methyl sites for hydroxylation is 2. The van der Waals surface area contributed by atoms with E-state index in [4.69, 9.17) is 4.74 Å². The normalized spacial score (nSPS) is 18.4. The van der Waals surface area contributed by atoms with Crippen molar-refractivity contribution < 1.29 is 14.3 Å². The van der Waals surface area contributed by atoms with E-state index in [2.05, 4.69) is 15.6 Å². The number of rotatable bonds is 7. The number of aromatic nitrogens is 1. The van der Waals surface area contributed by atoms with Crippen molar-refractivity contribution in [1.82, 2.24) is 15.2 Å². The summed E-state index contributed by atoms with van der Waals surface area (Å²) in [7, 11) is 1.61. The highest BCUT2D eigenvalue weighted by molar-refractivity contribution is 7.15.